The van der Waals surface area contributed by atoms with Crippen LogP contribution < -0.4 is 11.2 Å². The molecule has 134 valence electrons. The van der Waals surface area contributed by atoms with Crippen LogP contribution >= 0.6 is 0 Å². The average Bonchev–Trinajstić information content (AvgIpc) is 3.31. The van der Waals surface area contributed by atoms with E-state index in [1.165, 1.54) is 17.9 Å². The Hall–Kier alpha value is -3.48. The van der Waals surface area contributed by atoms with Gasteiger partial charge in [-0.25, -0.2) is 9.79 Å². The standard InChI is InChI=1S/C20H15N3O4/c1-22-18-15(19(25)23(2)20(22)26)13(12-8-5-9-27-12)14-16(21-18)10-6-3-4-7-11(10)17(14)24/h3-9,13-14H,1-2H3/t13-,14+/m1/s1. The Balaban J connectivity index is 1.93. The molecule has 0 unspecified atom stereocenters. The normalized spacial score (nSPS) is 20.1. The number of carbonyl (C=O) groups is 1. The van der Waals surface area contributed by atoms with Crippen LogP contribution in [0.2, 0.25) is 0 Å². The van der Waals surface area contributed by atoms with Gasteiger partial charge >= 0.3 is 5.69 Å². The third-order valence-electron chi connectivity index (χ3n) is 5.43. The topological polar surface area (TPSA) is 86.6 Å². The van der Waals surface area contributed by atoms with E-state index in [9.17, 15) is 14.4 Å². The van der Waals surface area contributed by atoms with E-state index in [-0.39, 0.29) is 11.6 Å². The minimum atomic E-state index is -0.647. The van der Waals surface area contributed by atoms with Crippen LogP contribution in [0.5, 0.6) is 0 Å². The molecule has 3 aromatic rings. The lowest BCUT2D eigenvalue weighted by atomic mass is 9.79. The molecule has 0 N–H and O–H groups in total. The van der Waals surface area contributed by atoms with Crippen molar-refractivity contribution in [3.8, 4) is 0 Å². The largest absolute Gasteiger partial charge is 0.469 e. The molecule has 0 bridgehead atoms. The van der Waals surface area contributed by atoms with Gasteiger partial charge in [-0.05, 0) is 12.1 Å². The lowest BCUT2D eigenvalue weighted by Gasteiger charge is -2.28. The van der Waals surface area contributed by atoms with E-state index in [1.54, 1.807) is 31.3 Å². The molecule has 1 aromatic carbocycles. The van der Waals surface area contributed by atoms with Crippen LogP contribution in [0.3, 0.4) is 0 Å². The fourth-order valence-corrected chi connectivity index (χ4v) is 4.14. The number of benzene rings is 1. The fraction of sp³-hybridized carbons (Fsp3) is 0.200. The van der Waals surface area contributed by atoms with E-state index in [4.69, 9.17) is 4.42 Å². The molecular weight excluding hydrogens is 346 g/mol. The van der Waals surface area contributed by atoms with Crippen molar-refractivity contribution < 1.29 is 9.21 Å². The maximum Gasteiger partial charge on any atom is 0.332 e. The van der Waals surface area contributed by atoms with Gasteiger partial charge in [0.2, 0.25) is 0 Å². The van der Waals surface area contributed by atoms with Crippen molar-refractivity contribution in [2.45, 2.75) is 5.92 Å². The monoisotopic (exact) mass is 361 g/mol. The maximum atomic E-state index is 13.2. The summed E-state index contributed by atoms with van der Waals surface area (Å²) in [6.07, 6.45) is 1.51. The number of hydrogen-bond acceptors (Lipinski definition) is 5. The first-order valence-electron chi connectivity index (χ1n) is 8.56. The number of fused-ring (bicyclic) bond motifs is 4. The van der Waals surface area contributed by atoms with Crippen molar-refractivity contribution in [3.05, 3.63) is 86.0 Å². The number of nitrogens with zero attached hydrogens (tertiary/aromatic N) is 3. The molecule has 3 heterocycles. The third-order valence-corrected chi connectivity index (χ3v) is 5.43. The molecule has 1 aliphatic carbocycles. The number of furan rings is 1. The van der Waals surface area contributed by atoms with Gasteiger partial charge in [0.25, 0.3) is 5.56 Å². The zero-order valence-electron chi connectivity index (χ0n) is 14.7. The Bertz CT molecular complexity index is 1260. The summed E-state index contributed by atoms with van der Waals surface area (Å²) in [6, 6.07) is 10.7. The van der Waals surface area contributed by atoms with Crippen LogP contribution in [0.25, 0.3) is 0 Å². The Kier molecular flexibility index (Phi) is 3.07. The third kappa shape index (κ3) is 1.91. The van der Waals surface area contributed by atoms with Crippen LogP contribution in [0.15, 0.2) is 61.7 Å². The van der Waals surface area contributed by atoms with Crippen molar-refractivity contribution >= 4 is 17.3 Å². The van der Waals surface area contributed by atoms with Crippen LogP contribution in [0, 0.1) is 5.92 Å². The maximum absolute atomic E-state index is 13.2. The van der Waals surface area contributed by atoms with E-state index in [2.05, 4.69) is 4.99 Å². The Morgan fingerprint density at radius 3 is 2.37 bits per heavy atom. The number of carbonyl (C=O) groups excluding carboxylic acids is 1. The van der Waals surface area contributed by atoms with Gasteiger partial charge < -0.3 is 4.42 Å². The van der Waals surface area contributed by atoms with Crippen molar-refractivity contribution in [1.82, 2.24) is 9.13 Å². The van der Waals surface area contributed by atoms with Gasteiger partial charge in [-0.3, -0.25) is 18.7 Å². The summed E-state index contributed by atoms with van der Waals surface area (Å²) in [5.41, 5.74) is 1.28. The van der Waals surface area contributed by atoms with Crippen LogP contribution in [0.4, 0.5) is 5.82 Å². The van der Waals surface area contributed by atoms with Crippen LogP contribution in [-0.4, -0.2) is 20.6 Å². The predicted octanol–water partition coefficient (Wildman–Crippen LogP) is 1.76. The molecule has 7 heteroatoms. The molecule has 2 aliphatic rings. The van der Waals surface area contributed by atoms with Crippen molar-refractivity contribution in [2.24, 2.45) is 25.0 Å². The number of Topliss-reactive ketones (excluding diaryl/α,β-unsaturated/α-hetero) is 1. The Labute approximate surface area is 153 Å². The van der Waals surface area contributed by atoms with Gasteiger partial charge in [-0.15, -0.1) is 0 Å². The lowest BCUT2D eigenvalue weighted by Crippen LogP contribution is -2.43. The molecule has 0 spiro atoms. The summed E-state index contributed by atoms with van der Waals surface area (Å²) in [6.45, 7) is 0. The highest BCUT2D eigenvalue weighted by Crippen LogP contribution is 2.46. The van der Waals surface area contributed by atoms with Gasteiger partial charge in [0.05, 0.1) is 29.4 Å². The fourth-order valence-electron chi connectivity index (χ4n) is 4.14. The zero-order valence-corrected chi connectivity index (χ0v) is 14.7. The summed E-state index contributed by atoms with van der Waals surface area (Å²) >= 11 is 0. The highest BCUT2D eigenvalue weighted by molar-refractivity contribution is 6.30. The smallest absolute Gasteiger partial charge is 0.332 e. The highest BCUT2D eigenvalue weighted by atomic mass is 16.3. The zero-order chi connectivity index (χ0) is 18.9. The van der Waals surface area contributed by atoms with Gasteiger partial charge in [-0.2, -0.15) is 0 Å². The summed E-state index contributed by atoms with van der Waals surface area (Å²) in [5, 5.41) is 0. The minimum absolute atomic E-state index is 0.0905. The Morgan fingerprint density at radius 1 is 0.926 bits per heavy atom. The first-order valence-corrected chi connectivity index (χ1v) is 8.56. The molecule has 0 amide bonds. The van der Waals surface area contributed by atoms with Gasteiger partial charge in [0, 0.05) is 25.2 Å². The predicted molar refractivity (Wildman–Crippen MR) is 97.9 cm³/mol. The van der Waals surface area contributed by atoms with Crippen molar-refractivity contribution in [2.75, 3.05) is 0 Å². The minimum Gasteiger partial charge on any atom is -0.469 e. The summed E-state index contributed by atoms with van der Waals surface area (Å²) in [4.78, 5) is 43.2. The highest BCUT2D eigenvalue weighted by Gasteiger charge is 2.48. The molecule has 27 heavy (non-hydrogen) atoms. The van der Waals surface area contributed by atoms with Crippen molar-refractivity contribution in [1.29, 1.82) is 0 Å². The Morgan fingerprint density at radius 2 is 1.67 bits per heavy atom. The number of ketones is 1. The molecular formula is C20H15N3O4. The van der Waals surface area contributed by atoms with Gasteiger partial charge in [0.1, 0.15) is 11.6 Å². The van der Waals surface area contributed by atoms with Gasteiger partial charge in [0.15, 0.2) is 5.78 Å². The second-order valence-corrected chi connectivity index (χ2v) is 6.82. The van der Waals surface area contributed by atoms with E-state index in [1.807, 2.05) is 12.1 Å². The molecule has 1 aliphatic heterocycles. The molecule has 2 aromatic heterocycles. The first kappa shape index (κ1) is 15.7. The molecule has 0 fully saturated rings. The van der Waals surface area contributed by atoms with Crippen LogP contribution in [-0.2, 0) is 14.1 Å². The molecule has 5 rings (SSSR count). The molecule has 0 saturated carbocycles. The van der Waals surface area contributed by atoms with Crippen molar-refractivity contribution in [3.63, 3.8) is 0 Å². The van der Waals surface area contributed by atoms with E-state index in [0.29, 0.717) is 22.6 Å². The number of rotatable bonds is 1. The summed E-state index contributed by atoms with van der Waals surface area (Å²) < 4.78 is 8.00. The lowest BCUT2D eigenvalue weighted by molar-refractivity contribution is 0.0949. The average molecular weight is 361 g/mol. The SMILES string of the molecule is Cn1c2c(c(=O)n(C)c1=O)[C@H](c1ccco1)[C@@H]1C(=O)c3ccccc3C1=N2. The quantitative estimate of drug-likeness (QED) is 0.661. The number of aromatic nitrogens is 2. The number of hydrogen-bond donors (Lipinski definition) is 0. The number of aliphatic imine (C=N–C) groups is 1. The molecule has 7 nitrogen and oxygen atoms in total. The van der Waals surface area contributed by atoms with Gasteiger partial charge in [-0.1, -0.05) is 24.3 Å². The second-order valence-electron chi connectivity index (χ2n) is 6.82. The molecule has 0 radical (unpaired) electrons. The molecule has 2 atom stereocenters. The van der Waals surface area contributed by atoms with E-state index >= 15 is 0 Å². The van der Waals surface area contributed by atoms with E-state index < -0.39 is 23.1 Å². The second kappa shape index (κ2) is 5.26. The molecule has 0 saturated heterocycles. The summed E-state index contributed by atoms with van der Waals surface area (Å²) in [7, 11) is 3.00. The van der Waals surface area contributed by atoms with Crippen LogP contribution in [0.1, 0.15) is 33.2 Å². The summed E-state index contributed by atoms with van der Waals surface area (Å²) in [5.74, 6) is -0.586. The van der Waals surface area contributed by atoms with E-state index in [0.717, 1.165) is 10.1 Å². The first-order chi connectivity index (χ1) is 13.0.